The normalized spacial score (nSPS) is 11.9. The average Bonchev–Trinajstić information content (AvgIpc) is 2.50. The summed E-state index contributed by atoms with van der Waals surface area (Å²) in [5.74, 6) is -0.122. The van der Waals surface area contributed by atoms with Crippen LogP contribution in [0.3, 0.4) is 0 Å². The maximum absolute atomic E-state index is 14.0. The van der Waals surface area contributed by atoms with Crippen molar-refractivity contribution in [3.05, 3.63) is 54.1 Å². The highest BCUT2D eigenvalue weighted by Crippen LogP contribution is 2.21. The Hall–Kier alpha value is -2.63. The molecule has 5 nitrogen and oxygen atoms in total. The number of hydrogen-bond donors (Lipinski definition) is 2. The number of halogens is 1. The maximum Gasteiger partial charge on any atom is 0.319 e. The topological polar surface area (TPSA) is 63.2 Å². The molecule has 0 fully saturated rings. The third-order valence-corrected chi connectivity index (χ3v) is 3.11. The molecule has 0 aliphatic rings. The number of urea groups is 1. The zero-order chi connectivity index (χ0) is 16.8. The zero-order valence-electron chi connectivity index (χ0n) is 13.3. The van der Waals surface area contributed by atoms with Crippen LogP contribution < -0.4 is 15.4 Å². The van der Waals surface area contributed by atoms with Crippen molar-refractivity contribution in [2.24, 2.45) is 0 Å². The van der Waals surface area contributed by atoms with E-state index in [1.165, 1.54) is 12.1 Å². The van der Waals surface area contributed by atoms with Crippen molar-refractivity contribution >= 4 is 11.7 Å². The smallest absolute Gasteiger partial charge is 0.319 e. The van der Waals surface area contributed by atoms with E-state index in [1.807, 2.05) is 32.9 Å². The number of anilines is 1. The second-order valence-corrected chi connectivity index (χ2v) is 5.41. The van der Waals surface area contributed by atoms with Gasteiger partial charge in [-0.3, -0.25) is 4.98 Å². The zero-order valence-corrected chi connectivity index (χ0v) is 13.3. The van der Waals surface area contributed by atoms with Gasteiger partial charge in [0.15, 0.2) is 0 Å². The molecule has 0 spiro atoms. The Bertz CT molecular complexity index is 662. The molecule has 0 saturated carbocycles. The van der Waals surface area contributed by atoms with Crippen LogP contribution in [0.1, 0.15) is 32.4 Å². The summed E-state index contributed by atoms with van der Waals surface area (Å²) in [6.07, 6.45) is 3.26. The molecule has 6 heteroatoms. The van der Waals surface area contributed by atoms with Crippen molar-refractivity contribution in [2.45, 2.75) is 32.9 Å². The molecule has 2 amide bonds. The molecule has 0 aliphatic carbocycles. The van der Waals surface area contributed by atoms with Crippen molar-refractivity contribution in [3.63, 3.8) is 0 Å². The van der Waals surface area contributed by atoms with E-state index in [4.69, 9.17) is 4.74 Å². The predicted molar refractivity (Wildman–Crippen MR) is 87.0 cm³/mol. The summed E-state index contributed by atoms with van der Waals surface area (Å²) in [5, 5.41) is 5.24. The highest BCUT2D eigenvalue weighted by Gasteiger charge is 2.12. The second kappa shape index (κ2) is 7.58. The third-order valence-electron chi connectivity index (χ3n) is 3.11. The molecule has 0 aliphatic heterocycles. The average molecular weight is 317 g/mol. The molecule has 122 valence electrons. The SMILES string of the molecule is CC(C)Oc1ccc(NC(=O)N[C@H](C)c2ccncc2)c(F)c1. The highest BCUT2D eigenvalue weighted by molar-refractivity contribution is 5.89. The first-order chi connectivity index (χ1) is 11.0. The van der Waals surface area contributed by atoms with Crippen molar-refractivity contribution < 1.29 is 13.9 Å². The van der Waals surface area contributed by atoms with Crippen LogP contribution in [0.25, 0.3) is 0 Å². The van der Waals surface area contributed by atoms with Gasteiger partial charge in [0.25, 0.3) is 0 Å². The molecule has 2 aromatic rings. The fourth-order valence-corrected chi connectivity index (χ4v) is 2.03. The van der Waals surface area contributed by atoms with Crippen LogP contribution in [0, 0.1) is 5.82 Å². The number of pyridine rings is 1. The molecule has 2 N–H and O–H groups in total. The van der Waals surface area contributed by atoms with E-state index in [2.05, 4.69) is 15.6 Å². The van der Waals surface area contributed by atoms with E-state index in [0.717, 1.165) is 5.56 Å². The molecule has 0 saturated heterocycles. The standard InChI is InChI=1S/C17H20FN3O2/c1-11(2)23-14-4-5-16(15(18)10-14)21-17(22)20-12(3)13-6-8-19-9-7-13/h4-12H,1-3H3,(H2,20,21,22)/t12-/m1/s1. The number of ether oxygens (including phenoxy) is 1. The van der Waals surface area contributed by atoms with Crippen molar-refractivity contribution in [2.75, 3.05) is 5.32 Å². The summed E-state index contributed by atoms with van der Waals surface area (Å²) in [5.41, 5.74) is 1.01. The third kappa shape index (κ3) is 4.95. The van der Waals surface area contributed by atoms with Crippen LogP contribution >= 0.6 is 0 Å². The van der Waals surface area contributed by atoms with Crippen LogP contribution in [-0.2, 0) is 0 Å². The second-order valence-electron chi connectivity index (χ2n) is 5.41. The summed E-state index contributed by atoms with van der Waals surface area (Å²) in [7, 11) is 0. The number of aromatic nitrogens is 1. The fourth-order valence-electron chi connectivity index (χ4n) is 2.03. The molecule has 1 aromatic heterocycles. The van der Waals surface area contributed by atoms with Gasteiger partial charge in [-0.05, 0) is 50.6 Å². The van der Waals surface area contributed by atoms with Gasteiger partial charge in [0, 0.05) is 18.5 Å². The van der Waals surface area contributed by atoms with Crippen LogP contribution in [0.2, 0.25) is 0 Å². The van der Waals surface area contributed by atoms with E-state index < -0.39 is 11.8 Å². The maximum atomic E-state index is 14.0. The monoisotopic (exact) mass is 317 g/mol. The Kier molecular flexibility index (Phi) is 5.51. The number of nitrogens with zero attached hydrogens (tertiary/aromatic N) is 1. The minimum atomic E-state index is -0.546. The van der Waals surface area contributed by atoms with Gasteiger partial charge in [-0.15, -0.1) is 0 Å². The number of nitrogens with one attached hydrogen (secondary N) is 2. The lowest BCUT2D eigenvalue weighted by molar-refractivity contribution is 0.241. The van der Waals surface area contributed by atoms with Gasteiger partial charge in [0.1, 0.15) is 11.6 Å². The fraction of sp³-hybridized carbons (Fsp3) is 0.294. The molecule has 23 heavy (non-hydrogen) atoms. The lowest BCUT2D eigenvalue weighted by Gasteiger charge is -2.16. The number of carbonyl (C=O) groups excluding carboxylic acids is 1. The first-order valence-corrected chi connectivity index (χ1v) is 7.39. The van der Waals surface area contributed by atoms with E-state index in [1.54, 1.807) is 18.5 Å². The summed E-state index contributed by atoms with van der Waals surface area (Å²) in [6, 6.07) is 7.26. The van der Waals surface area contributed by atoms with Gasteiger partial charge in [-0.1, -0.05) is 0 Å². The molecule has 1 atom stereocenters. The minimum Gasteiger partial charge on any atom is -0.491 e. The Morgan fingerprint density at radius 2 is 1.87 bits per heavy atom. The van der Waals surface area contributed by atoms with Gasteiger partial charge in [0.05, 0.1) is 17.8 Å². The van der Waals surface area contributed by atoms with Crippen LogP contribution in [0.4, 0.5) is 14.9 Å². The van der Waals surface area contributed by atoms with Gasteiger partial charge >= 0.3 is 6.03 Å². The molecule has 0 bridgehead atoms. The number of amides is 2. The summed E-state index contributed by atoms with van der Waals surface area (Å²) in [4.78, 5) is 15.9. The minimum absolute atomic E-state index is 0.0438. The molecule has 1 aromatic carbocycles. The summed E-state index contributed by atoms with van der Waals surface area (Å²) < 4.78 is 19.4. The summed E-state index contributed by atoms with van der Waals surface area (Å²) >= 11 is 0. The van der Waals surface area contributed by atoms with Gasteiger partial charge < -0.3 is 15.4 Å². The Labute approximate surface area is 134 Å². The molecule has 0 unspecified atom stereocenters. The highest BCUT2D eigenvalue weighted by atomic mass is 19.1. The molecule has 2 rings (SSSR count). The van der Waals surface area contributed by atoms with Crippen molar-refractivity contribution in [1.82, 2.24) is 10.3 Å². The van der Waals surface area contributed by atoms with Crippen molar-refractivity contribution in [3.8, 4) is 5.75 Å². The van der Waals surface area contributed by atoms with E-state index in [-0.39, 0.29) is 17.8 Å². The largest absolute Gasteiger partial charge is 0.491 e. The lowest BCUT2D eigenvalue weighted by Crippen LogP contribution is -2.31. The van der Waals surface area contributed by atoms with Gasteiger partial charge in [0.2, 0.25) is 0 Å². The van der Waals surface area contributed by atoms with E-state index in [0.29, 0.717) is 5.75 Å². The van der Waals surface area contributed by atoms with Crippen LogP contribution in [0.15, 0.2) is 42.7 Å². The first-order valence-electron chi connectivity index (χ1n) is 7.39. The molecular weight excluding hydrogens is 297 g/mol. The molecule has 1 heterocycles. The first kappa shape index (κ1) is 16.7. The van der Waals surface area contributed by atoms with E-state index >= 15 is 0 Å². The van der Waals surface area contributed by atoms with Gasteiger partial charge in [-0.25, -0.2) is 9.18 Å². The predicted octanol–water partition coefficient (Wildman–Crippen LogP) is 3.89. The van der Waals surface area contributed by atoms with Crippen LogP contribution in [-0.4, -0.2) is 17.1 Å². The number of carbonyl (C=O) groups is 1. The number of rotatable bonds is 5. The Balaban J connectivity index is 1.97. The van der Waals surface area contributed by atoms with Crippen molar-refractivity contribution in [1.29, 1.82) is 0 Å². The Morgan fingerprint density at radius 3 is 2.48 bits per heavy atom. The van der Waals surface area contributed by atoms with Gasteiger partial charge in [-0.2, -0.15) is 0 Å². The molecule has 0 radical (unpaired) electrons. The van der Waals surface area contributed by atoms with Crippen LogP contribution in [0.5, 0.6) is 5.75 Å². The molecular formula is C17H20FN3O2. The van der Waals surface area contributed by atoms with E-state index in [9.17, 15) is 9.18 Å². The summed E-state index contributed by atoms with van der Waals surface area (Å²) in [6.45, 7) is 5.56. The Morgan fingerprint density at radius 1 is 1.17 bits per heavy atom. The lowest BCUT2D eigenvalue weighted by atomic mass is 10.1. The number of hydrogen-bond acceptors (Lipinski definition) is 3. The quantitative estimate of drug-likeness (QED) is 0.879. The number of benzene rings is 1.